The van der Waals surface area contributed by atoms with Crippen LogP contribution in [0.3, 0.4) is 0 Å². The number of aromatic nitrogens is 2. The molecule has 7 heteroatoms. The molecule has 20 heavy (non-hydrogen) atoms. The Labute approximate surface area is 123 Å². The van der Waals surface area contributed by atoms with Gasteiger partial charge in [-0.15, -0.1) is 0 Å². The molecule has 0 aliphatic carbocycles. The van der Waals surface area contributed by atoms with Crippen molar-refractivity contribution in [1.29, 1.82) is 0 Å². The monoisotopic (exact) mass is 354 g/mol. The minimum atomic E-state index is -3.83. The molecule has 0 atom stereocenters. The Kier molecular flexibility index (Phi) is 3.10. The highest BCUT2D eigenvalue weighted by atomic mass is 79.9. The Morgan fingerprint density at radius 3 is 2.55 bits per heavy atom. The summed E-state index contributed by atoms with van der Waals surface area (Å²) in [6.45, 7) is 0. The normalized spacial score (nSPS) is 11.9. The van der Waals surface area contributed by atoms with E-state index in [1.54, 1.807) is 18.2 Å². The summed E-state index contributed by atoms with van der Waals surface area (Å²) in [6.07, 6.45) is 2.31. The summed E-state index contributed by atoms with van der Waals surface area (Å²) in [6, 6.07) is 9.40. The number of rotatable bonds is 2. The molecule has 0 aliphatic rings. The van der Waals surface area contributed by atoms with Gasteiger partial charge in [-0.1, -0.05) is 18.2 Å². The highest BCUT2D eigenvalue weighted by Gasteiger charge is 2.21. The third-order valence-corrected chi connectivity index (χ3v) is 5.21. The van der Waals surface area contributed by atoms with Crippen LogP contribution in [-0.4, -0.2) is 17.4 Å². The Morgan fingerprint density at radius 2 is 1.85 bits per heavy atom. The molecule has 2 heterocycles. The molecule has 3 rings (SSSR count). The molecule has 0 spiro atoms. The molecule has 0 saturated heterocycles. The first kappa shape index (κ1) is 13.3. The lowest BCUT2D eigenvalue weighted by atomic mass is 10.3. The third kappa shape index (κ3) is 1.94. The van der Waals surface area contributed by atoms with Gasteiger partial charge in [0.05, 0.1) is 11.1 Å². The van der Waals surface area contributed by atoms with E-state index < -0.39 is 15.8 Å². The van der Waals surface area contributed by atoms with Gasteiger partial charge in [-0.25, -0.2) is 21.8 Å². The largest absolute Gasteiger partial charge is 0.268 e. The second-order valence-electron chi connectivity index (χ2n) is 4.09. The van der Waals surface area contributed by atoms with Gasteiger partial charge in [0.1, 0.15) is 10.1 Å². The zero-order chi connectivity index (χ0) is 14.3. The van der Waals surface area contributed by atoms with Gasteiger partial charge in [-0.3, -0.25) is 0 Å². The second-order valence-corrected chi connectivity index (χ2v) is 6.65. The van der Waals surface area contributed by atoms with Crippen LogP contribution in [0.1, 0.15) is 0 Å². The van der Waals surface area contributed by atoms with Crippen molar-refractivity contribution in [1.82, 2.24) is 8.96 Å². The van der Waals surface area contributed by atoms with Crippen LogP contribution in [0.15, 0.2) is 58.3 Å². The predicted octanol–water partition coefficient (Wildman–Crippen LogP) is 3.17. The van der Waals surface area contributed by atoms with Gasteiger partial charge in [-0.05, 0) is 34.1 Å². The molecule has 2 aromatic heterocycles. The zero-order valence-corrected chi connectivity index (χ0v) is 12.4. The van der Waals surface area contributed by atoms with E-state index in [9.17, 15) is 12.8 Å². The minimum absolute atomic E-state index is 0.0178. The van der Waals surface area contributed by atoms with Crippen molar-refractivity contribution in [3.05, 3.63) is 59.2 Å². The van der Waals surface area contributed by atoms with Gasteiger partial charge in [0.15, 0.2) is 5.82 Å². The maximum absolute atomic E-state index is 13.9. The number of nitrogens with zero attached hydrogens (tertiary/aromatic N) is 2. The summed E-state index contributed by atoms with van der Waals surface area (Å²) >= 11 is 3.18. The van der Waals surface area contributed by atoms with Crippen LogP contribution in [0.2, 0.25) is 0 Å². The highest BCUT2D eigenvalue weighted by Crippen LogP contribution is 2.28. The molecule has 0 radical (unpaired) electrons. The maximum Gasteiger partial charge on any atom is 0.268 e. The second kappa shape index (κ2) is 4.68. The van der Waals surface area contributed by atoms with E-state index in [1.807, 2.05) is 0 Å². The average Bonchev–Trinajstić information content (AvgIpc) is 2.91. The smallest absolute Gasteiger partial charge is 0.246 e. The maximum atomic E-state index is 13.9. The molecule has 0 amide bonds. The van der Waals surface area contributed by atoms with Crippen LogP contribution in [0.25, 0.3) is 10.9 Å². The Hall–Kier alpha value is -1.73. The molecule has 3 aromatic rings. The summed E-state index contributed by atoms with van der Waals surface area (Å²) < 4.78 is 40.3. The standard InChI is InChI=1S/C13H8BrFN2O2S/c14-13-10-6-7-17(12(10)11(15)8-16-13)20(18,19)9-4-2-1-3-5-9/h1-8H. The third-order valence-electron chi connectivity index (χ3n) is 2.89. The lowest BCUT2D eigenvalue weighted by Gasteiger charge is -2.08. The van der Waals surface area contributed by atoms with Crippen LogP contribution in [-0.2, 0) is 10.0 Å². The summed E-state index contributed by atoms with van der Waals surface area (Å²) in [5.74, 6) is -0.687. The molecular formula is C13H8BrFN2O2S. The molecule has 0 N–H and O–H groups in total. The summed E-state index contributed by atoms with van der Waals surface area (Å²) in [7, 11) is -3.83. The number of benzene rings is 1. The first-order chi connectivity index (χ1) is 9.51. The van der Waals surface area contributed by atoms with Crippen molar-refractivity contribution in [3.63, 3.8) is 0 Å². The Morgan fingerprint density at radius 1 is 1.15 bits per heavy atom. The molecule has 0 unspecified atom stereocenters. The number of halogens is 2. The van der Waals surface area contributed by atoms with Crippen LogP contribution in [0.5, 0.6) is 0 Å². The van der Waals surface area contributed by atoms with Gasteiger partial charge >= 0.3 is 0 Å². The number of pyridine rings is 1. The van der Waals surface area contributed by atoms with Gasteiger partial charge < -0.3 is 0 Å². The van der Waals surface area contributed by atoms with Crippen LogP contribution >= 0.6 is 15.9 Å². The summed E-state index contributed by atoms with van der Waals surface area (Å²) in [5.41, 5.74) is -0.0178. The average molecular weight is 355 g/mol. The van der Waals surface area contributed by atoms with Crippen molar-refractivity contribution in [3.8, 4) is 0 Å². The van der Waals surface area contributed by atoms with Gasteiger partial charge in [0, 0.05) is 11.6 Å². The number of hydrogen-bond donors (Lipinski definition) is 0. The van der Waals surface area contributed by atoms with E-state index in [0.29, 0.717) is 9.99 Å². The van der Waals surface area contributed by atoms with E-state index in [0.717, 1.165) is 10.2 Å². The molecule has 0 bridgehead atoms. The van der Waals surface area contributed by atoms with E-state index in [1.165, 1.54) is 24.4 Å². The van der Waals surface area contributed by atoms with Crippen molar-refractivity contribution >= 4 is 36.9 Å². The molecule has 0 aliphatic heterocycles. The van der Waals surface area contributed by atoms with Crippen molar-refractivity contribution < 1.29 is 12.8 Å². The summed E-state index contributed by atoms with van der Waals surface area (Å²) in [4.78, 5) is 3.91. The van der Waals surface area contributed by atoms with E-state index >= 15 is 0 Å². The van der Waals surface area contributed by atoms with Crippen molar-refractivity contribution in [2.45, 2.75) is 4.90 Å². The van der Waals surface area contributed by atoms with Crippen LogP contribution < -0.4 is 0 Å². The lowest BCUT2D eigenvalue weighted by Crippen LogP contribution is -2.12. The van der Waals surface area contributed by atoms with Gasteiger partial charge in [-0.2, -0.15) is 0 Å². The van der Waals surface area contributed by atoms with Crippen molar-refractivity contribution in [2.24, 2.45) is 0 Å². The molecule has 0 fully saturated rings. The molecular weight excluding hydrogens is 347 g/mol. The fourth-order valence-electron chi connectivity index (χ4n) is 1.97. The summed E-state index contributed by atoms with van der Waals surface area (Å²) in [5, 5.41) is 0.407. The van der Waals surface area contributed by atoms with Crippen LogP contribution in [0.4, 0.5) is 4.39 Å². The molecule has 4 nitrogen and oxygen atoms in total. The molecule has 1 aromatic carbocycles. The first-order valence-electron chi connectivity index (χ1n) is 5.63. The SMILES string of the molecule is O=S(=O)(c1ccccc1)n1ccc2c(Br)ncc(F)c21. The fourth-order valence-corrected chi connectivity index (χ4v) is 3.76. The predicted molar refractivity (Wildman–Crippen MR) is 76.4 cm³/mol. The zero-order valence-electron chi connectivity index (χ0n) is 9.99. The molecule has 102 valence electrons. The van der Waals surface area contributed by atoms with E-state index in [-0.39, 0.29) is 10.4 Å². The van der Waals surface area contributed by atoms with Gasteiger partial charge in [0.2, 0.25) is 0 Å². The highest BCUT2D eigenvalue weighted by molar-refractivity contribution is 9.10. The van der Waals surface area contributed by atoms with E-state index in [2.05, 4.69) is 20.9 Å². The Bertz CT molecular complexity index is 891. The number of hydrogen-bond acceptors (Lipinski definition) is 3. The first-order valence-corrected chi connectivity index (χ1v) is 7.87. The van der Waals surface area contributed by atoms with Crippen LogP contribution in [0, 0.1) is 5.82 Å². The van der Waals surface area contributed by atoms with Gasteiger partial charge in [0.25, 0.3) is 10.0 Å². The lowest BCUT2D eigenvalue weighted by molar-refractivity contribution is 0.585. The van der Waals surface area contributed by atoms with Crippen molar-refractivity contribution in [2.75, 3.05) is 0 Å². The quantitative estimate of drug-likeness (QED) is 0.664. The fraction of sp³-hybridized carbons (Fsp3) is 0. The topological polar surface area (TPSA) is 52.0 Å². The number of fused-ring (bicyclic) bond motifs is 1. The molecule has 0 saturated carbocycles. The Balaban J connectivity index is 2.34. The minimum Gasteiger partial charge on any atom is -0.246 e. The van der Waals surface area contributed by atoms with E-state index in [4.69, 9.17) is 0 Å².